The van der Waals surface area contributed by atoms with Crippen LogP contribution in [0.5, 0.6) is 11.5 Å². The molecule has 15 heteroatoms. The molecule has 1 aromatic carbocycles. The summed E-state index contributed by atoms with van der Waals surface area (Å²) in [7, 11) is 0. The van der Waals surface area contributed by atoms with E-state index in [0.29, 0.717) is 53.5 Å². The standard InChI is InChI=1S/C30H33FN8O5S/c1-30(2,3)44-29(42)38-12-10-37(11-13-38)26(40)17-39-16-22(35-36-39)25-15-21-27(45-25)24(8-9-32-21)43-23-7-6-19(14-20(23)31)34-28(41)33-18-4-5-18/h6-9,14-16,18H,4-5,10-13,17H2,1-3H3,(H2,33,34,41). The van der Waals surface area contributed by atoms with Gasteiger partial charge in [-0.2, -0.15) is 0 Å². The first-order valence-electron chi connectivity index (χ1n) is 14.6. The highest BCUT2D eigenvalue weighted by Gasteiger charge is 2.28. The SMILES string of the molecule is CC(C)(C)OC(=O)N1CCN(C(=O)Cn2cc(-c3cc4nccc(Oc5ccc(NC(=O)NC6CC6)cc5F)c4s3)nn2)CC1. The molecule has 0 radical (unpaired) electrons. The Hall–Kier alpha value is -4.79. The number of halogens is 1. The minimum absolute atomic E-state index is 0.00184. The average Bonchev–Trinajstić information content (AvgIpc) is 3.48. The molecule has 0 spiro atoms. The number of carbonyl (C=O) groups excluding carboxylic acids is 3. The van der Waals surface area contributed by atoms with Gasteiger partial charge in [-0.15, -0.1) is 16.4 Å². The van der Waals surface area contributed by atoms with Gasteiger partial charge in [0.2, 0.25) is 5.91 Å². The van der Waals surface area contributed by atoms with Gasteiger partial charge in [-0.25, -0.2) is 18.7 Å². The van der Waals surface area contributed by atoms with E-state index in [1.165, 1.54) is 28.2 Å². The lowest BCUT2D eigenvalue weighted by molar-refractivity contribution is -0.133. The number of pyridine rings is 1. The van der Waals surface area contributed by atoms with Gasteiger partial charge in [0.1, 0.15) is 23.6 Å². The highest BCUT2D eigenvalue weighted by Crippen LogP contribution is 2.39. The van der Waals surface area contributed by atoms with Crippen LogP contribution in [0, 0.1) is 5.82 Å². The number of hydrogen-bond donors (Lipinski definition) is 2. The summed E-state index contributed by atoms with van der Waals surface area (Å²) in [5.74, 6) is -0.340. The Morgan fingerprint density at radius 3 is 2.51 bits per heavy atom. The van der Waals surface area contributed by atoms with Crippen molar-refractivity contribution >= 4 is 45.3 Å². The van der Waals surface area contributed by atoms with Crippen LogP contribution in [-0.4, -0.2) is 85.6 Å². The van der Waals surface area contributed by atoms with Gasteiger partial charge in [0, 0.05) is 56.2 Å². The van der Waals surface area contributed by atoms with E-state index >= 15 is 0 Å². The first kappa shape index (κ1) is 30.2. The monoisotopic (exact) mass is 636 g/mol. The summed E-state index contributed by atoms with van der Waals surface area (Å²) < 4.78 is 28.4. The molecule has 236 valence electrons. The van der Waals surface area contributed by atoms with Crippen molar-refractivity contribution in [1.82, 2.24) is 35.1 Å². The molecule has 4 amide bonds. The van der Waals surface area contributed by atoms with Crippen LogP contribution < -0.4 is 15.4 Å². The maximum absolute atomic E-state index is 14.9. The van der Waals surface area contributed by atoms with E-state index in [2.05, 4.69) is 25.9 Å². The fraction of sp³-hybridized carbons (Fsp3) is 0.400. The number of urea groups is 1. The molecular weight excluding hydrogens is 603 g/mol. The van der Waals surface area contributed by atoms with Crippen molar-refractivity contribution in [1.29, 1.82) is 0 Å². The van der Waals surface area contributed by atoms with E-state index in [1.54, 1.807) is 34.3 Å². The molecule has 1 aliphatic heterocycles. The number of anilines is 1. The largest absolute Gasteiger partial charge is 0.453 e. The van der Waals surface area contributed by atoms with Gasteiger partial charge in [-0.1, -0.05) is 5.21 Å². The molecule has 2 fully saturated rings. The highest BCUT2D eigenvalue weighted by atomic mass is 32.1. The fourth-order valence-corrected chi connectivity index (χ4v) is 5.69. The van der Waals surface area contributed by atoms with Gasteiger partial charge >= 0.3 is 12.1 Å². The molecule has 3 aromatic heterocycles. The quantitative estimate of drug-likeness (QED) is 0.293. The zero-order valence-electron chi connectivity index (χ0n) is 25.1. The van der Waals surface area contributed by atoms with Crippen molar-refractivity contribution in [3.63, 3.8) is 0 Å². The molecule has 2 N–H and O–H groups in total. The summed E-state index contributed by atoms with van der Waals surface area (Å²) >= 11 is 1.36. The van der Waals surface area contributed by atoms with E-state index in [4.69, 9.17) is 9.47 Å². The summed E-state index contributed by atoms with van der Waals surface area (Å²) in [5.41, 5.74) is 0.932. The number of benzene rings is 1. The minimum atomic E-state index is -0.625. The Morgan fingerprint density at radius 2 is 1.80 bits per heavy atom. The van der Waals surface area contributed by atoms with Crippen molar-refractivity contribution in [2.45, 2.75) is 51.8 Å². The third-order valence-electron chi connectivity index (χ3n) is 7.07. The summed E-state index contributed by atoms with van der Waals surface area (Å²) in [4.78, 5) is 45.7. The Kier molecular flexibility index (Phi) is 8.27. The van der Waals surface area contributed by atoms with E-state index < -0.39 is 11.4 Å². The smallest absolute Gasteiger partial charge is 0.410 e. The number of piperazine rings is 1. The second-order valence-electron chi connectivity index (χ2n) is 11.9. The molecule has 4 heterocycles. The zero-order chi connectivity index (χ0) is 31.7. The summed E-state index contributed by atoms with van der Waals surface area (Å²) in [5, 5.41) is 13.8. The van der Waals surface area contributed by atoms with E-state index in [-0.39, 0.29) is 36.4 Å². The number of carbonyl (C=O) groups is 3. The lowest BCUT2D eigenvalue weighted by Gasteiger charge is -2.35. The Labute approximate surface area is 262 Å². The molecule has 45 heavy (non-hydrogen) atoms. The molecule has 2 aliphatic rings. The molecule has 13 nitrogen and oxygen atoms in total. The summed E-state index contributed by atoms with van der Waals surface area (Å²) in [6.45, 7) is 7.05. The number of ether oxygens (including phenoxy) is 2. The molecule has 0 bridgehead atoms. The molecule has 0 atom stereocenters. The summed E-state index contributed by atoms with van der Waals surface area (Å²) in [6.07, 6.45) is 4.78. The Balaban J connectivity index is 1.08. The van der Waals surface area contributed by atoms with E-state index in [9.17, 15) is 18.8 Å². The van der Waals surface area contributed by atoms with Crippen molar-refractivity contribution < 1.29 is 28.2 Å². The van der Waals surface area contributed by atoms with Crippen molar-refractivity contribution in [3.8, 4) is 22.1 Å². The van der Waals surface area contributed by atoms with Crippen molar-refractivity contribution in [2.24, 2.45) is 0 Å². The van der Waals surface area contributed by atoms with E-state index in [0.717, 1.165) is 17.7 Å². The second-order valence-corrected chi connectivity index (χ2v) is 13.0. The molecular formula is C30H33FN8O5S. The van der Waals surface area contributed by atoms with Gasteiger partial charge in [-0.05, 0) is 51.8 Å². The second kappa shape index (κ2) is 12.3. The van der Waals surface area contributed by atoms with Gasteiger partial charge in [0.15, 0.2) is 11.6 Å². The number of amides is 4. The molecule has 4 aromatic rings. The van der Waals surface area contributed by atoms with Crippen LogP contribution in [0.25, 0.3) is 20.8 Å². The normalized spacial score (nSPS) is 15.2. The fourth-order valence-electron chi connectivity index (χ4n) is 4.67. The minimum Gasteiger partial charge on any atom is -0.453 e. The van der Waals surface area contributed by atoms with Crippen LogP contribution in [0.1, 0.15) is 33.6 Å². The van der Waals surface area contributed by atoms with Gasteiger partial charge in [0.25, 0.3) is 0 Å². The Bertz CT molecular complexity index is 1740. The predicted molar refractivity (Wildman–Crippen MR) is 165 cm³/mol. The number of aromatic nitrogens is 4. The van der Waals surface area contributed by atoms with Crippen LogP contribution in [0.3, 0.4) is 0 Å². The number of thiophene rings is 1. The maximum atomic E-state index is 14.9. The molecule has 1 aliphatic carbocycles. The van der Waals surface area contributed by atoms with Crippen LogP contribution in [0.2, 0.25) is 0 Å². The average molecular weight is 637 g/mol. The van der Waals surface area contributed by atoms with E-state index in [1.807, 2.05) is 26.8 Å². The van der Waals surface area contributed by atoms with Gasteiger partial charge < -0.3 is 29.9 Å². The number of fused-ring (bicyclic) bond motifs is 1. The predicted octanol–water partition coefficient (Wildman–Crippen LogP) is 4.85. The lowest BCUT2D eigenvalue weighted by atomic mass is 10.2. The van der Waals surface area contributed by atoms with Crippen LogP contribution in [-0.2, 0) is 16.1 Å². The van der Waals surface area contributed by atoms with Gasteiger partial charge in [-0.3, -0.25) is 9.78 Å². The first-order chi connectivity index (χ1) is 21.5. The number of rotatable bonds is 7. The number of nitrogens with one attached hydrogen (secondary N) is 2. The van der Waals surface area contributed by atoms with Crippen LogP contribution in [0.4, 0.5) is 19.7 Å². The van der Waals surface area contributed by atoms with Crippen molar-refractivity contribution in [2.75, 3.05) is 31.5 Å². The molecule has 1 saturated heterocycles. The maximum Gasteiger partial charge on any atom is 0.410 e. The third kappa shape index (κ3) is 7.48. The first-order valence-corrected chi connectivity index (χ1v) is 15.4. The summed E-state index contributed by atoms with van der Waals surface area (Å²) in [6, 6.07) is 7.55. The highest BCUT2D eigenvalue weighted by molar-refractivity contribution is 7.22. The van der Waals surface area contributed by atoms with Crippen molar-refractivity contribution in [3.05, 3.63) is 48.5 Å². The molecule has 1 saturated carbocycles. The third-order valence-corrected chi connectivity index (χ3v) is 8.23. The van der Waals surface area contributed by atoms with Gasteiger partial charge in [0.05, 0.1) is 21.3 Å². The number of hydrogen-bond acceptors (Lipinski definition) is 9. The topological polar surface area (TPSA) is 144 Å². The molecule has 0 unspecified atom stereocenters. The number of nitrogens with zero attached hydrogens (tertiary/aromatic N) is 6. The lowest BCUT2D eigenvalue weighted by Crippen LogP contribution is -2.52. The van der Waals surface area contributed by atoms with Crippen LogP contribution >= 0.6 is 11.3 Å². The Morgan fingerprint density at radius 1 is 1.04 bits per heavy atom. The zero-order valence-corrected chi connectivity index (χ0v) is 25.9. The van der Waals surface area contributed by atoms with Crippen LogP contribution in [0.15, 0.2) is 42.7 Å². The molecule has 6 rings (SSSR count).